The third-order valence-corrected chi connectivity index (χ3v) is 8.01. The number of ether oxygens (including phenoxy) is 3. The lowest BCUT2D eigenvalue weighted by Crippen LogP contribution is -2.34. The van der Waals surface area contributed by atoms with Gasteiger partial charge in [0.25, 0.3) is 0 Å². The van der Waals surface area contributed by atoms with Crippen molar-refractivity contribution >= 4 is 29.0 Å². The van der Waals surface area contributed by atoms with E-state index in [-0.39, 0.29) is 34.9 Å². The summed E-state index contributed by atoms with van der Waals surface area (Å²) in [7, 11) is 4.53. The minimum absolute atomic E-state index is 0.190. The first-order valence-electron chi connectivity index (χ1n) is 12.7. The fraction of sp³-hybridized carbons (Fsp3) is 0.219. The van der Waals surface area contributed by atoms with Crippen molar-refractivity contribution in [2.75, 3.05) is 26.2 Å². The maximum Gasteiger partial charge on any atom is 0.339 e. The normalized spacial score (nSPS) is 22.7. The molecule has 4 atom stereocenters. The third kappa shape index (κ3) is 3.76. The van der Waals surface area contributed by atoms with Gasteiger partial charge in [-0.15, -0.1) is 0 Å². The molecule has 1 heterocycles. The average molecular weight is 522 g/mol. The van der Waals surface area contributed by atoms with Crippen molar-refractivity contribution in [3.63, 3.8) is 0 Å². The number of nitrogens with zero attached hydrogens (tertiary/aromatic N) is 1. The molecule has 2 aliphatic carbocycles. The highest BCUT2D eigenvalue weighted by Crippen LogP contribution is 2.59. The molecule has 196 valence electrons. The Kier molecular flexibility index (Phi) is 6.06. The van der Waals surface area contributed by atoms with Crippen molar-refractivity contribution in [2.24, 2.45) is 23.7 Å². The molecule has 6 rings (SSSR count). The SMILES string of the molecule is COC(=O)c1ccccc1N1C(=O)[C@@H]2[C@H](C1=O)[C@H]1C=C[C@H]2C1=C(c1ccc(OC)cc1)c1ccc(OC)cc1. The Balaban J connectivity index is 1.47. The summed E-state index contributed by atoms with van der Waals surface area (Å²) in [4.78, 5) is 41.5. The fourth-order valence-electron chi connectivity index (χ4n) is 6.30. The van der Waals surface area contributed by atoms with Gasteiger partial charge in [-0.1, -0.05) is 48.6 Å². The molecule has 2 fully saturated rings. The first-order valence-corrected chi connectivity index (χ1v) is 12.7. The van der Waals surface area contributed by atoms with E-state index in [2.05, 4.69) is 12.2 Å². The summed E-state index contributed by atoms with van der Waals surface area (Å²) < 4.78 is 15.6. The van der Waals surface area contributed by atoms with Crippen LogP contribution in [0.3, 0.4) is 0 Å². The van der Waals surface area contributed by atoms with Crippen LogP contribution in [0.5, 0.6) is 11.5 Å². The molecule has 0 aromatic heterocycles. The van der Waals surface area contributed by atoms with E-state index in [1.165, 1.54) is 12.0 Å². The summed E-state index contributed by atoms with van der Waals surface area (Å²) in [5.41, 5.74) is 4.46. The number of anilines is 1. The van der Waals surface area contributed by atoms with E-state index in [0.717, 1.165) is 33.8 Å². The molecular weight excluding hydrogens is 494 g/mol. The van der Waals surface area contributed by atoms with Crippen molar-refractivity contribution in [3.05, 3.63) is 107 Å². The van der Waals surface area contributed by atoms with Gasteiger partial charge in [0, 0.05) is 11.8 Å². The minimum Gasteiger partial charge on any atom is -0.497 e. The zero-order chi connectivity index (χ0) is 27.3. The van der Waals surface area contributed by atoms with Crippen molar-refractivity contribution in [1.29, 1.82) is 0 Å². The van der Waals surface area contributed by atoms with Crippen LogP contribution in [0, 0.1) is 23.7 Å². The van der Waals surface area contributed by atoms with Gasteiger partial charge in [0.2, 0.25) is 11.8 Å². The molecule has 1 aliphatic heterocycles. The molecule has 3 aliphatic rings. The molecule has 2 bridgehead atoms. The summed E-state index contributed by atoms with van der Waals surface area (Å²) in [5, 5.41) is 0. The standard InChI is InChI=1S/C32H27NO6/c1-37-20-12-8-18(9-13-20)26(19-10-14-21(38-2)15-11-19)27-23-16-17-24(27)29-28(23)30(34)33(31(29)35)25-7-5-4-6-22(25)32(36)39-3/h4-17,23-24,28-29H,1-3H3/t23-,24-,28-,29+/m0/s1. The van der Waals surface area contributed by atoms with Crippen molar-refractivity contribution in [1.82, 2.24) is 0 Å². The van der Waals surface area contributed by atoms with Gasteiger partial charge in [0.05, 0.1) is 44.4 Å². The molecule has 0 unspecified atom stereocenters. The highest BCUT2D eigenvalue weighted by atomic mass is 16.5. The number of carbonyl (C=O) groups is 3. The predicted molar refractivity (Wildman–Crippen MR) is 145 cm³/mol. The van der Waals surface area contributed by atoms with E-state index in [0.29, 0.717) is 0 Å². The van der Waals surface area contributed by atoms with Crippen LogP contribution in [0.15, 0.2) is 90.5 Å². The molecule has 3 aromatic rings. The summed E-state index contributed by atoms with van der Waals surface area (Å²) in [6, 6.07) is 22.2. The molecule has 39 heavy (non-hydrogen) atoms. The van der Waals surface area contributed by atoms with E-state index >= 15 is 0 Å². The quantitative estimate of drug-likeness (QED) is 0.260. The number of esters is 1. The van der Waals surface area contributed by atoms with Crippen LogP contribution in [-0.2, 0) is 14.3 Å². The second kappa shape index (κ2) is 9.58. The Morgan fingerprint density at radius 1 is 0.692 bits per heavy atom. The van der Waals surface area contributed by atoms with E-state index in [4.69, 9.17) is 14.2 Å². The Bertz CT molecular complexity index is 1450. The zero-order valence-corrected chi connectivity index (χ0v) is 21.8. The summed E-state index contributed by atoms with van der Waals surface area (Å²) in [6.07, 6.45) is 4.10. The minimum atomic E-state index is -0.591. The maximum atomic E-state index is 13.9. The first kappa shape index (κ1) is 24.7. The number of benzene rings is 3. The number of fused-ring (bicyclic) bond motifs is 5. The molecule has 2 amide bonds. The molecule has 3 aromatic carbocycles. The van der Waals surface area contributed by atoms with Crippen LogP contribution >= 0.6 is 0 Å². The first-order chi connectivity index (χ1) is 19.0. The predicted octanol–water partition coefficient (Wildman–Crippen LogP) is 4.91. The zero-order valence-electron chi connectivity index (χ0n) is 21.8. The lowest BCUT2D eigenvalue weighted by Gasteiger charge is -2.23. The van der Waals surface area contributed by atoms with Crippen LogP contribution in [0.25, 0.3) is 5.57 Å². The molecule has 7 heteroatoms. The van der Waals surface area contributed by atoms with Gasteiger partial charge >= 0.3 is 5.97 Å². The number of para-hydroxylation sites is 1. The molecule has 1 saturated carbocycles. The lowest BCUT2D eigenvalue weighted by molar-refractivity contribution is -0.122. The van der Waals surface area contributed by atoms with E-state index in [1.807, 2.05) is 48.5 Å². The molecular formula is C32H27NO6. The van der Waals surface area contributed by atoms with Crippen LogP contribution in [0.4, 0.5) is 5.69 Å². The van der Waals surface area contributed by atoms with Gasteiger partial charge in [0.15, 0.2) is 0 Å². The highest BCUT2D eigenvalue weighted by Gasteiger charge is 2.62. The van der Waals surface area contributed by atoms with Crippen LogP contribution in [0.2, 0.25) is 0 Å². The van der Waals surface area contributed by atoms with Crippen LogP contribution in [-0.4, -0.2) is 39.1 Å². The van der Waals surface area contributed by atoms with Crippen molar-refractivity contribution < 1.29 is 28.6 Å². The topological polar surface area (TPSA) is 82.1 Å². The highest BCUT2D eigenvalue weighted by molar-refractivity contribution is 6.25. The number of methoxy groups -OCH3 is 3. The van der Waals surface area contributed by atoms with Gasteiger partial charge < -0.3 is 14.2 Å². The lowest BCUT2D eigenvalue weighted by atomic mass is 9.85. The number of imide groups is 1. The smallest absolute Gasteiger partial charge is 0.339 e. The number of amides is 2. The average Bonchev–Trinajstić information content (AvgIpc) is 3.62. The Morgan fingerprint density at radius 3 is 1.64 bits per heavy atom. The van der Waals surface area contributed by atoms with Crippen molar-refractivity contribution in [3.8, 4) is 11.5 Å². The number of hydrogen-bond acceptors (Lipinski definition) is 6. The third-order valence-electron chi connectivity index (χ3n) is 8.01. The van der Waals surface area contributed by atoms with Crippen molar-refractivity contribution in [2.45, 2.75) is 0 Å². The van der Waals surface area contributed by atoms with Gasteiger partial charge in [-0.3, -0.25) is 9.59 Å². The second-order valence-corrected chi connectivity index (χ2v) is 9.80. The Labute approximate surface area is 226 Å². The number of carbonyl (C=O) groups excluding carboxylic acids is 3. The van der Waals surface area contributed by atoms with Crippen LogP contribution < -0.4 is 14.4 Å². The largest absolute Gasteiger partial charge is 0.497 e. The monoisotopic (exact) mass is 521 g/mol. The molecule has 1 saturated heterocycles. The fourth-order valence-corrected chi connectivity index (χ4v) is 6.30. The molecule has 7 nitrogen and oxygen atoms in total. The summed E-state index contributed by atoms with van der Waals surface area (Å²) >= 11 is 0. The maximum absolute atomic E-state index is 13.9. The van der Waals surface area contributed by atoms with E-state index in [9.17, 15) is 14.4 Å². The van der Waals surface area contributed by atoms with Gasteiger partial charge in [-0.05, 0) is 58.7 Å². The number of rotatable bonds is 6. The molecule has 0 N–H and O–H groups in total. The van der Waals surface area contributed by atoms with Gasteiger partial charge in [-0.25, -0.2) is 9.69 Å². The van der Waals surface area contributed by atoms with Gasteiger partial charge in [0.1, 0.15) is 11.5 Å². The number of allylic oxidation sites excluding steroid dienone is 3. The number of hydrogen-bond donors (Lipinski definition) is 0. The van der Waals surface area contributed by atoms with E-state index in [1.54, 1.807) is 38.5 Å². The summed E-state index contributed by atoms with van der Waals surface area (Å²) in [5.74, 6) is -1.26. The van der Waals surface area contributed by atoms with E-state index < -0.39 is 17.8 Å². The van der Waals surface area contributed by atoms with Gasteiger partial charge in [-0.2, -0.15) is 0 Å². The Morgan fingerprint density at radius 2 is 1.18 bits per heavy atom. The molecule has 0 spiro atoms. The molecule has 0 radical (unpaired) electrons. The summed E-state index contributed by atoms with van der Waals surface area (Å²) in [6.45, 7) is 0. The Hall–Kier alpha value is -4.65. The van der Waals surface area contributed by atoms with Crippen LogP contribution in [0.1, 0.15) is 21.5 Å². The second-order valence-electron chi connectivity index (χ2n) is 9.80.